The van der Waals surface area contributed by atoms with Gasteiger partial charge in [0.25, 0.3) is 0 Å². The highest BCUT2D eigenvalue weighted by molar-refractivity contribution is 6.32. The van der Waals surface area contributed by atoms with E-state index >= 15 is 0 Å². The number of hydrogen-bond donors (Lipinski definition) is 2. The normalized spacial score (nSPS) is 12.0. The van der Waals surface area contributed by atoms with Crippen molar-refractivity contribution in [1.29, 1.82) is 5.26 Å². The monoisotopic (exact) mass is 383 g/mol. The molecule has 0 fully saturated rings. The molecule has 1 unspecified atom stereocenters. The van der Waals surface area contributed by atoms with Crippen molar-refractivity contribution in [2.45, 2.75) is 19.3 Å². The minimum Gasteiger partial charge on any atom is -0.406 e. The minimum absolute atomic E-state index is 0.214. The van der Waals surface area contributed by atoms with Gasteiger partial charge in [-0.25, -0.2) is 0 Å². The van der Waals surface area contributed by atoms with Crippen LogP contribution in [0.25, 0.3) is 0 Å². The molecule has 0 aliphatic carbocycles. The molecule has 0 aromatic heterocycles. The van der Waals surface area contributed by atoms with Crippen LogP contribution >= 0.6 is 11.6 Å². The quantitative estimate of drug-likeness (QED) is 0.794. The molecule has 1 atom stereocenters. The van der Waals surface area contributed by atoms with E-state index in [-0.39, 0.29) is 22.2 Å². The lowest BCUT2D eigenvalue weighted by Gasteiger charge is -2.16. The van der Waals surface area contributed by atoms with Crippen LogP contribution in [0.15, 0.2) is 42.5 Å². The summed E-state index contributed by atoms with van der Waals surface area (Å²) in [7, 11) is 0. The number of nitriles is 1. The molecule has 0 heterocycles. The summed E-state index contributed by atoms with van der Waals surface area (Å²) in [4.78, 5) is 12.2. The van der Waals surface area contributed by atoms with Crippen LogP contribution in [-0.2, 0) is 4.79 Å². The molecule has 2 aromatic carbocycles. The van der Waals surface area contributed by atoms with Crippen LogP contribution in [-0.4, -0.2) is 18.3 Å². The van der Waals surface area contributed by atoms with Crippen molar-refractivity contribution >= 4 is 28.9 Å². The number of rotatable bonds is 5. The molecule has 0 spiro atoms. The van der Waals surface area contributed by atoms with Crippen molar-refractivity contribution in [2.75, 3.05) is 10.6 Å². The number of alkyl halides is 3. The fraction of sp³-hybridized carbons (Fsp3) is 0.176. The molecule has 0 aliphatic rings. The van der Waals surface area contributed by atoms with E-state index in [2.05, 4.69) is 15.4 Å². The Balaban J connectivity index is 1.96. The molecule has 0 saturated heterocycles. The molecular weight excluding hydrogens is 371 g/mol. The van der Waals surface area contributed by atoms with E-state index in [4.69, 9.17) is 16.9 Å². The first-order valence-electron chi connectivity index (χ1n) is 7.31. The molecule has 136 valence electrons. The molecule has 26 heavy (non-hydrogen) atoms. The molecule has 0 saturated carbocycles. The van der Waals surface area contributed by atoms with Crippen LogP contribution in [0.5, 0.6) is 5.75 Å². The number of nitrogens with one attached hydrogen (secondary N) is 2. The first kappa shape index (κ1) is 19.4. The largest absolute Gasteiger partial charge is 0.573 e. The lowest BCUT2D eigenvalue weighted by atomic mass is 10.2. The summed E-state index contributed by atoms with van der Waals surface area (Å²) in [6.07, 6.45) is -4.76. The predicted octanol–water partition coefficient (Wildman–Crippen LogP) is 4.55. The zero-order valence-electron chi connectivity index (χ0n) is 13.4. The van der Waals surface area contributed by atoms with Crippen molar-refractivity contribution in [3.63, 3.8) is 0 Å². The highest BCUT2D eigenvalue weighted by atomic mass is 35.5. The molecule has 1 amide bonds. The Kier molecular flexibility index (Phi) is 5.95. The molecule has 0 aliphatic heterocycles. The number of nitrogens with zero attached hydrogens (tertiary/aromatic N) is 1. The van der Waals surface area contributed by atoms with Gasteiger partial charge in [-0.2, -0.15) is 5.26 Å². The molecule has 0 radical (unpaired) electrons. The number of ether oxygens (including phenoxy) is 1. The molecular formula is C17H13ClF3N3O2. The van der Waals surface area contributed by atoms with Crippen LogP contribution in [0.1, 0.15) is 12.5 Å². The van der Waals surface area contributed by atoms with E-state index in [0.717, 1.165) is 12.1 Å². The number of hydrogen-bond acceptors (Lipinski definition) is 4. The maximum atomic E-state index is 12.2. The highest BCUT2D eigenvalue weighted by Crippen LogP contribution is 2.24. The van der Waals surface area contributed by atoms with E-state index < -0.39 is 12.4 Å². The number of carbonyl (C=O) groups excluding carboxylic acids is 1. The SMILES string of the molecule is CC(Nc1ccc(OC(F)(F)F)cc1)C(=O)Nc1ccc(C#N)c(Cl)c1. The molecule has 2 N–H and O–H groups in total. The van der Waals surface area contributed by atoms with Crippen molar-refractivity contribution in [3.05, 3.63) is 53.1 Å². The third-order valence-electron chi connectivity index (χ3n) is 3.22. The lowest BCUT2D eigenvalue weighted by Crippen LogP contribution is -2.31. The van der Waals surface area contributed by atoms with Gasteiger partial charge in [-0.3, -0.25) is 4.79 Å². The number of benzene rings is 2. The van der Waals surface area contributed by atoms with E-state index in [9.17, 15) is 18.0 Å². The molecule has 0 bridgehead atoms. The van der Waals surface area contributed by atoms with E-state index in [1.165, 1.54) is 24.3 Å². The zero-order chi connectivity index (χ0) is 19.3. The second-order valence-electron chi connectivity index (χ2n) is 5.23. The average molecular weight is 384 g/mol. The van der Waals surface area contributed by atoms with E-state index in [1.54, 1.807) is 13.0 Å². The van der Waals surface area contributed by atoms with Gasteiger partial charge in [0, 0.05) is 11.4 Å². The fourth-order valence-corrected chi connectivity index (χ4v) is 2.23. The van der Waals surface area contributed by atoms with Gasteiger partial charge < -0.3 is 15.4 Å². The maximum absolute atomic E-state index is 12.2. The van der Waals surface area contributed by atoms with Crippen molar-refractivity contribution in [1.82, 2.24) is 0 Å². The molecule has 5 nitrogen and oxygen atoms in total. The van der Waals surface area contributed by atoms with Gasteiger partial charge in [-0.15, -0.1) is 13.2 Å². The smallest absolute Gasteiger partial charge is 0.406 e. The molecule has 2 aromatic rings. The Hall–Kier alpha value is -2.92. The predicted molar refractivity (Wildman–Crippen MR) is 91.0 cm³/mol. The first-order valence-corrected chi connectivity index (χ1v) is 7.68. The van der Waals surface area contributed by atoms with E-state index in [0.29, 0.717) is 11.4 Å². The van der Waals surface area contributed by atoms with Crippen molar-refractivity contribution < 1.29 is 22.7 Å². The van der Waals surface area contributed by atoms with Gasteiger partial charge in [0.1, 0.15) is 17.9 Å². The van der Waals surface area contributed by atoms with Crippen molar-refractivity contribution in [3.8, 4) is 11.8 Å². The van der Waals surface area contributed by atoms with Gasteiger partial charge in [0.05, 0.1) is 10.6 Å². The van der Waals surface area contributed by atoms with E-state index in [1.807, 2.05) is 6.07 Å². The number of halogens is 4. The number of anilines is 2. The Morgan fingerprint density at radius 1 is 1.19 bits per heavy atom. The molecule has 2 rings (SSSR count). The maximum Gasteiger partial charge on any atom is 0.573 e. The summed E-state index contributed by atoms with van der Waals surface area (Å²) in [5.41, 5.74) is 1.15. The van der Waals surface area contributed by atoms with Gasteiger partial charge >= 0.3 is 6.36 Å². The first-order chi connectivity index (χ1) is 12.2. The summed E-state index contributed by atoms with van der Waals surface area (Å²) in [6, 6.07) is 10.7. The van der Waals surface area contributed by atoms with Crippen LogP contribution in [0.4, 0.5) is 24.5 Å². The van der Waals surface area contributed by atoms with Gasteiger partial charge in [-0.1, -0.05) is 11.6 Å². The summed E-state index contributed by atoms with van der Waals surface area (Å²) in [5.74, 6) is -0.742. The van der Waals surface area contributed by atoms with Gasteiger partial charge in [0.15, 0.2) is 0 Å². The topological polar surface area (TPSA) is 74.2 Å². The highest BCUT2D eigenvalue weighted by Gasteiger charge is 2.31. The lowest BCUT2D eigenvalue weighted by molar-refractivity contribution is -0.274. The van der Waals surface area contributed by atoms with Crippen LogP contribution in [0, 0.1) is 11.3 Å². The number of carbonyl (C=O) groups is 1. The van der Waals surface area contributed by atoms with Gasteiger partial charge in [0.2, 0.25) is 5.91 Å². The third kappa shape index (κ3) is 5.57. The summed E-state index contributed by atoms with van der Waals surface area (Å²) in [6.45, 7) is 1.58. The Morgan fingerprint density at radius 3 is 2.35 bits per heavy atom. The fourth-order valence-electron chi connectivity index (χ4n) is 2.00. The van der Waals surface area contributed by atoms with Crippen LogP contribution < -0.4 is 15.4 Å². The van der Waals surface area contributed by atoms with Crippen molar-refractivity contribution in [2.24, 2.45) is 0 Å². The summed E-state index contributed by atoms with van der Waals surface area (Å²) >= 11 is 5.90. The average Bonchev–Trinajstić information content (AvgIpc) is 2.55. The summed E-state index contributed by atoms with van der Waals surface area (Å²) in [5, 5.41) is 14.5. The van der Waals surface area contributed by atoms with Crippen LogP contribution in [0.2, 0.25) is 5.02 Å². The Morgan fingerprint density at radius 2 is 1.81 bits per heavy atom. The Labute approximate surface area is 152 Å². The second-order valence-corrected chi connectivity index (χ2v) is 5.64. The molecule has 9 heteroatoms. The zero-order valence-corrected chi connectivity index (χ0v) is 14.2. The number of amides is 1. The summed E-state index contributed by atoms with van der Waals surface area (Å²) < 4.78 is 40.1. The minimum atomic E-state index is -4.76. The third-order valence-corrected chi connectivity index (χ3v) is 3.53. The second kappa shape index (κ2) is 7.97. The Bertz CT molecular complexity index is 833. The standard InChI is InChI=1S/C17H13ClF3N3O2/c1-10(16(25)24-13-3-2-11(9-22)15(18)8-13)23-12-4-6-14(7-5-12)26-17(19,20)21/h2-8,10,23H,1H3,(H,24,25). The van der Waals surface area contributed by atoms with Gasteiger partial charge in [-0.05, 0) is 49.4 Å². The van der Waals surface area contributed by atoms with Crippen LogP contribution in [0.3, 0.4) is 0 Å².